The summed E-state index contributed by atoms with van der Waals surface area (Å²) in [5.41, 5.74) is 2.68. The van der Waals surface area contributed by atoms with Crippen LogP contribution in [-0.2, 0) is 21.8 Å². The van der Waals surface area contributed by atoms with Gasteiger partial charge in [0.2, 0.25) is 0 Å². The molecular weight excluding hydrogens is 340 g/mol. The number of hydrogen-bond donors (Lipinski definition) is 0. The average molecular weight is 364 g/mol. The molecule has 0 saturated carbocycles. The van der Waals surface area contributed by atoms with Crippen LogP contribution in [0.15, 0.2) is 15.6 Å². The second-order valence-electron chi connectivity index (χ2n) is 6.27. The van der Waals surface area contributed by atoms with Crippen LogP contribution in [0.1, 0.15) is 46.1 Å². The van der Waals surface area contributed by atoms with Gasteiger partial charge >= 0.3 is 5.97 Å². The van der Waals surface area contributed by atoms with E-state index >= 15 is 0 Å². The Hall–Kier alpha value is -1.73. The van der Waals surface area contributed by atoms with Crippen molar-refractivity contribution in [2.75, 3.05) is 13.7 Å². The van der Waals surface area contributed by atoms with Crippen molar-refractivity contribution in [3.05, 3.63) is 34.5 Å². The van der Waals surface area contributed by atoms with Crippen LogP contribution in [-0.4, -0.2) is 35.3 Å². The van der Waals surface area contributed by atoms with Gasteiger partial charge in [-0.15, -0.1) is 0 Å². The number of rotatable bonds is 6. The molecule has 6 nitrogen and oxygen atoms in total. The second kappa shape index (κ2) is 7.66. The number of furan rings is 1. The molecule has 0 radical (unpaired) electrons. The first-order valence-electron chi connectivity index (χ1n) is 8.45. The molecule has 3 heterocycles. The van der Waals surface area contributed by atoms with E-state index in [1.54, 1.807) is 24.8 Å². The van der Waals surface area contributed by atoms with Gasteiger partial charge in [0, 0.05) is 12.3 Å². The summed E-state index contributed by atoms with van der Waals surface area (Å²) < 4.78 is 18.5. The Balaban J connectivity index is 1.72. The van der Waals surface area contributed by atoms with Crippen molar-refractivity contribution in [1.29, 1.82) is 0 Å². The normalized spacial score (nSPS) is 17.2. The minimum Gasteiger partial charge on any atom is -0.465 e. The summed E-state index contributed by atoms with van der Waals surface area (Å²) in [7, 11) is 1.37. The molecule has 1 aliphatic rings. The van der Waals surface area contributed by atoms with Crippen molar-refractivity contribution >= 4 is 17.7 Å². The maximum absolute atomic E-state index is 11.7. The molecule has 0 amide bonds. The molecule has 0 spiro atoms. The van der Waals surface area contributed by atoms with Gasteiger partial charge in [-0.2, -0.15) is 0 Å². The summed E-state index contributed by atoms with van der Waals surface area (Å²) in [6, 6.07) is 1.75. The predicted octanol–water partition coefficient (Wildman–Crippen LogP) is 3.66. The van der Waals surface area contributed by atoms with E-state index in [9.17, 15) is 4.79 Å². The molecule has 3 rings (SSSR count). The number of ether oxygens (including phenoxy) is 2. The van der Waals surface area contributed by atoms with Crippen LogP contribution < -0.4 is 0 Å². The number of aryl methyl sites for hydroxylation is 2. The van der Waals surface area contributed by atoms with Crippen molar-refractivity contribution in [2.45, 2.75) is 57.2 Å². The molecule has 1 unspecified atom stereocenters. The van der Waals surface area contributed by atoms with Crippen LogP contribution in [0.2, 0.25) is 0 Å². The number of carbonyl (C=O) groups excluding carboxylic acids is 1. The predicted molar refractivity (Wildman–Crippen MR) is 95.0 cm³/mol. The molecule has 136 valence electrons. The zero-order valence-electron chi connectivity index (χ0n) is 15.1. The lowest BCUT2D eigenvalue weighted by molar-refractivity contribution is 0.0598. The molecular formula is C18H24N2O4S. The van der Waals surface area contributed by atoms with Gasteiger partial charge in [-0.05, 0) is 39.7 Å². The molecule has 1 fully saturated rings. The topological polar surface area (TPSA) is 66.5 Å². The summed E-state index contributed by atoms with van der Waals surface area (Å²) in [5, 5.41) is 0.958. The summed E-state index contributed by atoms with van der Waals surface area (Å²) in [6.45, 7) is 7.57. The SMILES string of the molecule is COC(=O)c1cc(CSc2nc(C)c(C)n2CC2CCCO2)oc1C. The summed E-state index contributed by atoms with van der Waals surface area (Å²) in [4.78, 5) is 16.4. The van der Waals surface area contributed by atoms with Crippen LogP contribution >= 0.6 is 11.8 Å². The lowest BCUT2D eigenvalue weighted by Crippen LogP contribution is -2.16. The van der Waals surface area contributed by atoms with Gasteiger partial charge in [-0.25, -0.2) is 9.78 Å². The minimum absolute atomic E-state index is 0.267. The second-order valence-corrected chi connectivity index (χ2v) is 7.22. The van der Waals surface area contributed by atoms with Crippen molar-refractivity contribution in [2.24, 2.45) is 0 Å². The van der Waals surface area contributed by atoms with E-state index in [-0.39, 0.29) is 12.1 Å². The highest BCUT2D eigenvalue weighted by Crippen LogP contribution is 2.28. The number of carbonyl (C=O) groups is 1. The van der Waals surface area contributed by atoms with Crippen molar-refractivity contribution in [3.63, 3.8) is 0 Å². The quantitative estimate of drug-likeness (QED) is 0.576. The molecule has 1 aliphatic heterocycles. The molecule has 0 bridgehead atoms. The molecule has 0 N–H and O–H groups in total. The van der Waals surface area contributed by atoms with E-state index in [1.165, 1.54) is 12.8 Å². The van der Waals surface area contributed by atoms with E-state index in [2.05, 4.69) is 16.5 Å². The van der Waals surface area contributed by atoms with E-state index in [1.807, 2.05) is 6.92 Å². The van der Waals surface area contributed by atoms with Crippen molar-refractivity contribution in [1.82, 2.24) is 9.55 Å². The van der Waals surface area contributed by atoms with Gasteiger partial charge in [0.15, 0.2) is 5.16 Å². The number of thioether (sulfide) groups is 1. The maximum Gasteiger partial charge on any atom is 0.341 e. The average Bonchev–Trinajstić information content (AvgIpc) is 3.29. The Morgan fingerprint density at radius 3 is 2.92 bits per heavy atom. The Bertz CT molecular complexity index is 759. The number of esters is 1. The standard InChI is InChI=1S/C18H24N2O4S/c1-11-12(2)20(9-14-6-5-7-23-14)18(19-11)25-10-15-8-16(13(3)24-15)17(21)22-4/h8,14H,5-7,9-10H2,1-4H3. The first kappa shape index (κ1) is 18.1. The van der Waals surface area contributed by atoms with Crippen molar-refractivity contribution < 1.29 is 18.7 Å². The molecule has 0 aromatic carbocycles. The fraction of sp³-hybridized carbons (Fsp3) is 0.556. The van der Waals surface area contributed by atoms with Crippen LogP contribution in [0.4, 0.5) is 0 Å². The lowest BCUT2D eigenvalue weighted by Gasteiger charge is -2.14. The zero-order chi connectivity index (χ0) is 18.0. The van der Waals surface area contributed by atoms with Crippen LogP contribution in [0.5, 0.6) is 0 Å². The van der Waals surface area contributed by atoms with Gasteiger partial charge in [0.05, 0.1) is 31.2 Å². The van der Waals surface area contributed by atoms with E-state index < -0.39 is 0 Å². The highest BCUT2D eigenvalue weighted by molar-refractivity contribution is 7.98. The largest absolute Gasteiger partial charge is 0.465 e. The fourth-order valence-electron chi connectivity index (χ4n) is 3.00. The molecule has 2 aromatic rings. The number of aromatic nitrogens is 2. The van der Waals surface area contributed by atoms with Gasteiger partial charge in [-0.1, -0.05) is 11.8 Å². The molecule has 1 saturated heterocycles. The number of nitrogens with zero attached hydrogens (tertiary/aromatic N) is 2. The van der Waals surface area contributed by atoms with Crippen molar-refractivity contribution in [3.8, 4) is 0 Å². The highest BCUT2D eigenvalue weighted by atomic mass is 32.2. The van der Waals surface area contributed by atoms with Crippen LogP contribution in [0.3, 0.4) is 0 Å². The number of imidazole rings is 1. The third-order valence-electron chi connectivity index (χ3n) is 4.55. The lowest BCUT2D eigenvalue weighted by atomic mass is 10.2. The van der Waals surface area contributed by atoms with E-state index in [0.29, 0.717) is 17.1 Å². The Labute approximate surface area is 151 Å². The highest BCUT2D eigenvalue weighted by Gasteiger charge is 2.21. The smallest absolute Gasteiger partial charge is 0.341 e. The Morgan fingerprint density at radius 1 is 1.44 bits per heavy atom. The van der Waals surface area contributed by atoms with E-state index in [4.69, 9.17) is 13.9 Å². The number of hydrogen-bond acceptors (Lipinski definition) is 6. The molecule has 7 heteroatoms. The fourth-order valence-corrected chi connectivity index (χ4v) is 3.99. The van der Waals surface area contributed by atoms with Crippen LogP contribution in [0, 0.1) is 20.8 Å². The summed E-state index contributed by atoms with van der Waals surface area (Å²) in [5.74, 6) is 1.56. The van der Waals surface area contributed by atoms with Gasteiger partial charge in [0.1, 0.15) is 17.1 Å². The summed E-state index contributed by atoms with van der Waals surface area (Å²) in [6.07, 6.45) is 2.49. The Kier molecular flexibility index (Phi) is 5.54. The van der Waals surface area contributed by atoms with E-state index in [0.717, 1.165) is 42.6 Å². The van der Waals surface area contributed by atoms with Gasteiger partial charge in [-0.3, -0.25) is 0 Å². The molecule has 25 heavy (non-hydrogen) atoms. The maximum atomic E-state index is 11.7. The minimum atomic E-state index is -0.371. The summed E-state index contributed by atoms with van der Waals surface area (Å²) >= 11 is 1.61. The third kappa shape index (κ3) is 3.93. The van der Waals surface area contributed by atoms with Gasteiger partial charge < -0.3 is 18.5 Å². The molecule has 0 aliphatic carbocycles. The first-order chi connectivity index (χ1) is 12.0. The number of methoxy groups -OCH3 is 1. The zero-order valence-corrected chi connectivity index (χ0v) is 15.9. The third-order valence-corrected chi connectivity index (χ3v) is 5.55. The molecule has 1 atom stereocenters. The first-order valence-corrected chi connectivity index (χ1v) is 9.44. The van der Waals surface area contributed by atoms with Crippen LogP contribution in [0.25, 0.3) is 0 Å². The molecule has 2 aromatic heterocycles. The monoisotopic (exact) mass is 364 g/mol. The Morgan fingerprint density at radius 2 is 2.24 bits per heavy atom. The van der Waals surface area contributed by atoms with Gasteiger partial charge in [0.25, 0.3) is 0 Å².